The van der Waals surface area contributed by atoms with Crippen LogP contribution in [0.5, 0.6) is 0 Å². The maximum atomic E-state index is 10.7. The fourth-order valence-corrected chi connectivity index (χ4v) is 2.59. The summed E-state index contributed by atoms with van der Waals surface area (Å²) in [6, 6.07) is 1.91. The first-order chi connectivity index (χ1) is 8.02. The number of carbonyl (C=O) groups is 1. The summed E-state index contributed by atoms with van der Waals surface area (Å²) in [5.74, 6) is 1.03. The molecule has 0 radical (unpaired) electrons. The second kappa shape index (κ2) is 4.47. The first-order valence-corrected chi connectivity index (χ1v) is 6.19. The van der Waals surface area contributed by atoms with Crippen molar-refractivity contribution in [3.05, 3.63) is 23.4 Å². The Morgan fingerprint density at radius 3 is 2.82 bits per heavy atom. The van der Waals surface area contributed by atoms with Crippen molar-refractivity contribution >= 4 is 12.1 Å². The predicted molar refractivity (Wildman–Crippen MR) is 69.6 cm³/mol. The Morgan fingerprint density at radius 2 is 2.24 bits per heavy atom. The molecule has 0 amide bonds. The van der Waals surface area contributed by atoms with Gasteiger partial charge in [-0.15, -0.1) is 0 Å². The first kappa shape index (κ1) is 12.1. The molecule has 0 aliphatic carbocycles. The molecule has 1 saturated heterocycles. The highest BCUT2D eigenvalue weighted by atomic mass is 16.1. The van der Waals surface area contributed by atoms with Gasteiger partial charge in [-0.25, -0.2) is 4.98 Å². The summed E-state index contributed by atoms with van der Waals surface area (Å²) in [6.07, 6.45) is 5.00. The minimum absolute atomic E-state index is 0.357. The molecule has 1 fully saturated rings. The van der Waals surface area contributed by atoms with E-state index >= 15 is 0 Å². The summed E-state index contributed by atoms with van der Waals surface area (Å²) in [4.78, 5) is 17.5. The monoisotopic (exact) mass is 232 g/mol. The Bertz CT molecular complexity index is 426. The number of aryl methyl sites for hydroxylation is 1. The standard InChI is InChI=1S/C14H20N2O/c1-11-7-12(9-17)8-15-13(11)16-6-4-5-14(2,3)10-16/h7-9H,4-6,10H2,1-3H3. The lowest BCUT2D eigenvalue weighted by Crippen LogP contribution is -2.40. The number of carbonyl (C=O) groups excluding carboxylic acids is 1. The van der Waals surface area contributed by atoms with Crippen molar-refractivity contribution in [2.75, 3.05) is 18.0 Å². The molecule has 2 heterocycles. The molecule has 2 rings (SSSR count). The fraction of sp³-hybridized carbons (Fsp3) is 0.571. The molecular weight excluding hydrogens is 212 g/mol. The van der Waals surface area contributed by atoms with Gasteiger partial charge in [0.1, 0.15) is 5.82 Å². The van der Waals surface area contributed by atoms with Crippen LogP contribution in [0.1, 0.15) is 42.6 Å². The molecular formula is C14H20N2O. The molecule has 0 unspecified atom stereocenters. The van der Waals surface area contributed by atoms with Gasteiger partial charge in [-0.1, -0.05) is 13.8 Å². The Hall–Kier alpha value is -1.38. The van der Waals surface area contributed by atoms with Crippen LogP contribution in [-0.4, -0.2) is 24.4 Å². The van der Waals surface area contributed by atoms with Crippen molar-refractivity contribution in [1.82, 2.24) is 4.98 Å². The second-order valence-electron chi connectivity index (χ2n) is 5.72. The van der Waals surface area contributed by atoms with Crippen LogP contribution in [0.4, 0.5) is 5.82 Å². The molecule has 1 aromatic rings. The zero-order chi connectivity index (χ0) is 12.5. The van der Waals surface area contributed by atoms with Crippen LogP contribution in [0.3, 0.4) is 0 Å². The number of hydrogen-bond acceptors (Lipinski definition) is 3. The average molecular weight is 232 g/mol. The van der Waals surface area contributed by atoms with Gasteiger partial charge in [-0.3, -0.25) is 4.79 Å². The fourth-order valence-electron chi connectivity index (χ4n) is 2.59. The molecule has 17 heavy (non-hydrogen) atoms. The van der Waals surface area contributed by atoms with Crippen molar-refractivity contribution in [2.24, 2.45) is 5.41 Å². The van der Waals surface area contributed by atoms with Gasteiger partial charge in [0.25, 0.3) is 0 Å². The number of nitrogens with zero attached hydrogens (tertiary/aromatic N) is 2. The van der Waals surface area contributed by atoms with Crippen LogP contribution in [0, 0.1) is 12.3 Å². The lowest BCUT2D eigenvalue weighted by molar-refractivity contribution is 0.112. The van der Waals surface area contributed by atoms with E-state index in [4.69, 9.17) is 0 Å². The largest absolute Gasteiger partial charge is 0.356 e. The van der Waals surface area contributed by atoms with Gasteiger partial charge < -0.3 is 4.90 Å². The third-order valence-corrected chi connectivity index (χ3v) is 3.41. The molecule has 3 nitrogen and oxygen atoms in total. The summed E-state index contributed by atoms with van der Waals surface area (Å²) in [7, 11) is 0. The zero-order valence-corrected chi connectivity index (χ0v) is 10.9. The van der Waals surface area contributed by atoms with E-state index in [0.29, 0.717) is 11.0 Å². The summed E-state index contributed by atoms with van der Waals surface area (Å²) >= 11 is 0. The number of aldehydes is 1. The molecule has 0 aromatic carbocycles. The van der Waals surface area contributed by atoms with Crippen molar-refractivity contribution in [3.63, 3.8) is 0 Å². The molecule has 0 bridgehead atoms. The number of anilines is 1. The summed E-state index contributed by atoms with van der Waals surface area (Å²) in [5, 5.41) is 0. The van der Waals surface area contributed by atoms with Gasteiger partial charge in [0, 0.05) is 24.8 Å². The van der Waals surface area contributed by atoms with E-state index in [-0.39, 0.29) is 0 Å². The lowest BCUT2D eigenvalue weighted by Gasteiger charge is -2.39. The Morgan fingerprint density at radius 1 is 1.47 bits per heavy atom. The molecule has 3 heteroatoms. The van der Waals surface area contributed by atoms with Gasteiger partial charge >= 0.3 is 0 Å². The van der Waals surface area contributed by atoms with Gasteiger partial charge in [-0.05, 0) is 36.8 Å². The van der Waals surface area contributed by atoms with E-state index in [0.717, 1.165) is 30.8 Å². The number of aromatic nitrogens is 1. The maximum absolute atomic E-state index is 10.7. The summed E-state index contributed by atoms with van der Waals surface area (Å²) in [6.45, 7) is 8.73. The van der Waals surface area contributed by atoms with E-state index in [1.54, 1.807) is 6.20 Å². The van der Waals surface area contributed by atoms with E-state index in [9.17, 15) is 4.79 Å². The number of hydrogen-bond donors (Lipinski definition) is 0. The normalized spacial score (nSPS) is 19.1. The number of pyridine rings is 1. The highest BCUT2D eigenvalue weighted by Crippen LogP contribution is 2.31. The molecule has 1 aromatic heterocycles. The summed E-state index contributed by atoms with van der Waals surface area (Å²) in [5.41, 5.74) is 2.10. The SMILES string of the molecule is Cc1cc(C=O)cnc1N1CCCC(C)(C)C1. The molecule has 0 N–H and O–H groups in total. The predicted octanol–water partition coefficient (Wildman–Crippen LogP) is 2.83. The third kappa shape index (κ3) is 2.65. The van der Waals surface area contributed by atoms with Crippen molar-refractivity contribution in [3.8, 4) is 0 Å². The van der Waals surface area contributed by atoms with Crippen molar-refractivity contribution in [1.29, 1.82) is 0 Å². The molecule has 92 valence electrons. The lowest BCUT2D eigenvalue weighted by atomic mass is 9.84. The molecule has 0 spiro atoms. The van der Waals surface area contributed by atoms with E-state index in [2.05, 4.69) is 23.7 Å². The minimum Gasteiger partial charge on any atom is -0.356 e. The Kier molecular flexibility index (Phi) is 3.18. The smallest absolute Gasteiger partial charge is 0.151 e. The highest BCUT2D eigenvalue weighted by molar-refractivity contribution is 5.75. The Labute approximate surface area is 103 Å². The maximum Gasteiger partial charge on any atom is 0.151 e. The molecule has 0 saturated carbocycles. The van der Waals surface area contributed by atoms with Gasteiger partial charge in [0.2, 0.25) is 0 Å². The van der Waals surface area contributed by atoms with Crippen LogP contribution in [0.2, 0.25) is 0 Å². The van der Waals surface area contributed by atoms with Crippen LogP contribution in [-0.2, 0) is 0 Å². The molecule has 1 aliphatic heterocycles. The average Bonchev–Trinajstić information content (AvgIpc) is 2.27. The summed E-state index contributed by atoms with van der Waals surface area (Å²) < 4.78 is 0. The molecule has 1 aliphatic rings. The van der Waals surface area contributed by atoms with Crippen LogP contribution in [0.15, 0.2) is 12.3 Å². The topological polar surface area (TPSA) is 33.2 Å². The van der Waals surface area contributed by atoms with Crippen LogP contribution >= 0.6 is 0 Å². The Balaban J connectivity index is 2.25. The highest BCUT2D eigenvalue weighted by Gasteiger charge is 2.27. The second-order valence-corrected chi connectivity index (χ2v) is 5.72. The van der Waals surface area contributed by atoms with Crippen molar-refractivity contribution < 1.29 is 4.79 Å². The van der Waals surface area contributed by atoms with Crippen LogP contribution in [0.25, 0.3) is 0 Å². The molecule has 0 atom stereocenters. The number of rotatable bonds is 2. The van der Waals surface area contributed by atoms with Crippen molar-refractivity contribution in [2.45, 2.75) is 33.6 Å². The van der Waals surface area contributed by atoms with Crippen LogP contribution < -0.4 is 4.90 Å². The minimum atomic E-state index is 0.357. The number of piperidine rings is 1. The van der Waals surface area contributed by atoms with E-state index in [1.165, 1.54) is 12.8 Å². The quantitative estimate of drug-likeness (QED) is 0.735. The van der Waals surface area contributed by atoms with E-state index in [1.807, 2.05) is 13.0 Å². The van der Waals surface area contributed by atoms with E-state index < -0.39 is 0 Å². The third-order valence-electron chi connectivity index (χ3n) is 3.41. The zero-order valence-electron chi connectivity index (χ0n) is 10.9. The van der Waals surface area contributed by atoms with Gasteiger partial charge in [0.05, 0.1) is 0 Å². The van der Waals surface area contributed by atoms with Gasteiger partial charge in [-0.2, -0.15) is 0 Å². The first-order valence-electron chi connectivity index (χ1n) is 6.19. The van der Waals surface area contributed by atoms with Gasteiger partial charge in [0.15, 0.2) is 6.29 Å².